The molecule has 46 heavy (non-hydrogen) atoms. The van der Waals surface area contributed by atoms with Crippen molar-refractivity contribution < 1.29 is 29.1 Å². The van der Waals surface area contributed by atoms with E-state index in [9.17, 15) is 19.7 Å². The summed E-state index contributed by atoms with van der Waals surface area (Å²) in [6.07, 6.45) is 3.66. The van der Waals surface area contributed by atoms with E-state index in [1.54, 1.807) is 13.2 Å². The van der Waals surface area contributed by atoms with Crippen molar-refractivity contribution in [2.45, 2.75) is 38.2 Å². The summed E-state index contributed by atoms with van der Waals surface area (Å²) in [6, 6.07) is 25.5. The molecule has 7 rings (SSSR count). The lowest BCUT2D eigenvalue weighted by Crippen LogP contribution is -2.46. The minimum Gasteiger partial charge on any atom is -0.507 e. The Hall–Kier alpha value is -4.02. The number of benzene rings is 3. The molecule has 4 aromatic rings. The lowest BCUT2D eigenvalue weighted by atomic mass is 9.58. The van der Waals surface area contributed by atoms with E-state index in [4.69, 9.17) is 9.39 Å². The third kappa shape index (κ3) is 5.73. The van der Waals surface area contributed by atoms with Crippen LogP contribution in [0.1, 0.15) is 35.3 Å². The van der Waals surface area contributed by atoms with E-state index >= 15 is 0 Å². The molecule has 2 fully saturated rings. The fraction of sp³-hybridized carbons (Fsp3) is 0.297. The average molecular weight is 634 g/mol. The highest BCUT2D eigenvalue weighted by atomic mass is 32.1. The molecule has 4 atom stereocenters. The monoisotopic (exact) mass is 633 g/mol. The number of carbonyl (C=O) groups excluding carboxylic acids is 2. The van der Waals surface area contributed by atoms with E-state index in [1.165, 1.54) is 16.2 Å². The fourth-order valence-corrected chi connectivity index (χ4v) is 8.40. The highest BCUT2D eigenvalue weighted by Gasteiger charge is 2.57. The molecule has 7 nitrogen and oxygen atoms in total. The molecule has 2 amide bonds. The number of hydrogen-bond donors (Lipinski definition) is 2. The number of methoxy groups -OCH3 is 1. The molecule has 3 aromatic carbocycles. The van der Waals surface area contributed by atoms with Crippen LogP contribution in [0.5, 0.6) is 5.75 Å². The molecule has 0 unspecified atom stereocenters. The molecule has 1 aliphatic carbocycles. The van der Waals surface area contributed by atoms with Gasteiger partial charge in [-0.1, -0.05) is 72.8 Å². The van der Waals surface area contributed by atoms with E-state index < -0.39 is 25.1 Å². The number of phenolic OH excluding ortho intramolecular Hbond substituents is 1. The lowest BCUT2D eigenvalue weighted by Gasteiger charge is -2.43. The molecule has 0 bridgehead atoms. The van der Waals surface area contributed by atoms with Gasteiger partial charge in [0.15, 0.2) is 0 Å². The number of allylic oxidation sites excluding steroid dienone is 1. The first kappa shape index (κ1) is 30.6. The Bertz CT molecular complexity index is 1820. The molecule has 1 aromatic heterocycles. The molecule has 0 radical (unpaired) electrons. The zero-order valence-corrected chi connectivity index (χ0v) is 26.5. The van der Waals surface area contributed by atoms with Crippen LogP contribution < -0.4 is 0 Å². The van der Waals surface area contributed by atoms with Gasteiger partial charge >= 0.3 is 7.12 Å². The van der Waals surface area contributed by atoms with Gasteiger partial charge in [-0.15, -0.1) is 11.3 Å². The maximum Gasteiger partial charge on any atom is 0.455 e. The number of imide groups is 1. The summed E-state index contributed by atoms with van der Waals surface area (Å²) in [5, 5.41) is 25.2. The van der Waals surface area contributed by atoms with E-state index in [-0.39, 0.29) is 36.3 Å². The zero-order valence-electron chi connectivity index (χ0n) is 25.7. The van der Waals surface area contributed by atoms with Crippen molar-refractivity contribution in [3.63, 3.8) is 0 Å². The van der Waals surface area contributed by atoms with Crippen molar-refractivity contribution in [1.82, 2.24) is 4.90 Å². The second-order valence-corrected chi connectivity index (χ2v) is 13.4. The van der Waals surface area contributed by atoms with Gasteiger partial charge in [-0.3, -0.25) is 14.5 Å². The van der Waals surface area contributed by atoms with Crippen molar-refractivity contribution in [2.24, 2.45) is 17.8 Å². The number of fused-ring (bicyclic) bond motifs is 4. The van der Waals surface area contributed by atoms with Gasteiger partial charge in [-0.25, -0.2) is 0 Å². The predicted molar refractivity (Wildman–Crippen MR) is 181 cm³/mol. The highest BCUT2D eigenvalue weighted by Crippen LogP contribution is 2.51. The SMILES string of the molecule is COCC1=C2[C@@H](CC/C(=C/c3ccc(O)c4ccccc34)c3ccccc3)OB(O)C[C@@H]2[C@@H]2C(=O)N(Cc3cccs3)C(=O)[C@@H]2C1. The number of carbonyl (C=O) groups is 2. The molecule has 0 saturated carbocycles. The number of ether oxygens (including phenoxy) is 1. The van der Waals surface area contributed by atoms with Gasteiger partial charge in [-0.05, 0) is 82.2 Å². The van der Waals surface area contributed by atoms with Crippen LogP contribution in [0.4, 0.5) is 0 Å². The molecule has 3 heterocycles. The Labute approximate surface area is 272 Å². The van der Waals surface area contributed by atoms with Gasteiger partial charge in [0.1, 0.15) is 5.75 Å². The van der Waals surface area contributed by atoms with Gasteiger partial charge in [0.05, 0.1) is 31.1 Å². The highest BCUT2D eigenvalue weighted by molar-refractivity contribution is 7.09. The van der Waals surface area contributed by atoms with Crippen molar-refractivity contribution in [2.75, 3.05) is 13.7 Å². The predicted octanol–water partition coefficient (Wildman–Crippen LogP) is 6.57. The Morgan fingerprint density at radius 2 is 1.78 bits per heavy atom. The molecule has 0 spiro atoms. The van der Waals surface area contributed by atoms with Crippen molar-refractivity contribution in [1.29, 1.82) is 0 Å². The molecule has 9 heteroatoms. The van der Waals surface area contributed by atoms with E-state index in [2.05, 4.69) is 18.2 Å². The van der Waals surface area contributed by atoms with E-state index in [1.807, 2.05) is 66.0 Å². The van der Waals surface area contributed by atoms with Gasteiger partial charge < -0.3 is 19.5 Å². The average Bonchev–Trinajstić information content (AvgIpc) is 3.67. The summed E-state index contributed by atoms with van der Waals surface area (Å²) in [7, 11) is 0.603. The Balaban J connectivity index is 1.22. The summed E-state index contributed by atoms with van der Waals surface area (Å²) in [4.78, 5) is 29.9. The largest absolute Gasteiger partial charge is 0.507 e. The van der Waals surface area contributed by atoms with Crippen LogP contribution in [0.15, 0.2) is 95.4 Å². The van der Waals surface area contributed by atoms with Crippen LogP contribution in [0, 0.1) is 17.8 Å². The molecule has 234 valence electrons. The van der Waals surface area contributed by atoms with Crippen LogP contribution in [0.2, 0.25) is 6.32 Å². The van der Waals surface area contributed by atoms with Crippen molar-refractivity contribution in [3.8, 4) is 5.75 Å². The second-order valence-electron chi connectivity index (χ2n) is 12.4. The number of rotatable bonds is 9. The number of nitrogens with zero attached hydrogens (tertiary/aromatic N) is 1. The lowest BCUT2D eigenvalue weighted by molar-refractivity contribution is -0.140. The summed E-state index contributed by atoms with van der Waals surface area (Å²) in [5.74, 6) is -1.32. The van der Waals surface area contributed by atoms with Crippen LogP contribution in [-0.4, -0.2) is 53.8 Å². The Morgan fingerprint density at radius 3 is 2.54 bits per heavy atom. The Morgan fingerprint density at radius 1 is 1.00 bits per heavy atom. The topological polar surface area (TPSA) is 96.3 Å². The molecular weight excluding hydrogens is 597 g/mol. The smallest absolute Gasteiger partial charge is 0.455 e. The second kappa shape index (κ2) is 13.0. The van der Waals surface area contributed by atoms with Crippen LogP contribution in [-0.2, 0) is 25.5 Å². The molecule has 2 N–H and O–H groups in total. The van der Waals surface area contributed by atoms with Gasteiger partial charge in [0.2, 0.25) is 11.8 Å². The zero-order chi connectivity index (χ0) is 31.8. The maximum absolute atomic E-state index is 13.9. The number of thiophene rings is 1. The minimum atomic E-state index is -1.04. The third-order valence-electron chi connectivity index (χ3n) is 9.70. The maximum atomic E-state index is 13.9. The Kier molecular flexibility index (Phi) is 8.66. The van der Waals surface area contributed by atoms with E-state index in [0.717, 1.165) is 43.5 Å². The summed E-state index contributed by atoms with van der Waals surface area (Å²) >= 11 is 1.53. The van der Waals surface area contributed by atoms with Crippen molar-refractivity contribution in [3.05, 3.63) is 111 Å². The van der Waals surface area contributed by atoms with Crippen LogP contribution in [0.3, 0.4) is 0 Å². The molecule has 2 aliphatic heterocycles. The first-order valence-electron chi connectivity index (χ1n) is 15.8. The number of likely N-dealkylation sites (tertiary alicyclic amines) is 1. The number of hydrogen-bond acceptors (Lipinski definition) is 7. The van der Waals surface area contributed by atoms with Crippen LogP contribution in [0.25, 0.3) is 22.4 Å². The quantitative estimate of drug-likeness (QED) is 0.0937. The van der Waals surface area contributed by atoms with Gasteiger partial charge in [0.25, 0.3) is 0 Å². The molecular formula is C37H36BNO6S. The normalized spacial score (nSPS) is 23.3. The number of phenols is 1. The molecule has 3 aliphatic rings. The van der Waals surface area contributed by atoms with Crippen LogP contribution >= 0.6 is 11.3 Å². The third-order valence-corrected chi connectivity index (χ3v) is 10.6. The van der Waals surface area contributed by atoms with Crippen molar-refractivity contribution >= 4 is 52.7 Å². The van der Waals surface area contributed by atoms with Gasteiger partial charge in [0, 0.05) is 17.4 Å². The fourth-order valence-electron chi connectivity index (χ4n) is 7.71. The first-order valence-corrected chi connectivity index (χ1v) is 16.7. The molecule has 2 saturated heterocycles. The number of amides is 2. The summed E-state index contributed by atoms with van der Waals surface area (Å²) in [5.41, 5.74) is 5.17. The number of aromatic hydroxyl groups is 1. The van der Waals surface area contributed by atoms with Gasteiger partial charge in [-0.2, -0.15) is 0 Å². The minimum absolute atomic E-state index is 0.135. The summed E-state index contributed by atoms with van der Waals surface area (Å²) < 4.78 is 11.9. The van der Waals surface area contributed by atoms with E-state index in [0.29, 0.717) is 25.9 Å². The summed E-state index contributed by atoms with van der Waals surface area (Å²) in [6.45, 7) is 0.627. The standard InChI is InChI=1S/C37H36BNO6S/c1-44-22-26-19-30-35(37(42)39(36(30)41)21-27-10-7-17-46-27)31-20-38(43)45-33(34(26)31)16-14-24(23-8-3-2-4-9-23)18-25-13-15-32(40)29-12-6-5-11-28(25)29/h2-13,15,17-18,30-31,33,35,40,43H,14,16,19-22H2,1H3/b24-18-/t30-,31+,33-,35-/m1/s1. The first-order chi connectivity index (χ1) is 22.4.